The predicted octanol–water partition coefficient (Wildman–Crippen LogP) is 1.94. The third-order valence-electron chi connectivity index (χ3n) is 2.64. The number of fused-ring (bicyclic) bond motifs is 1. The molecule has 0 aliphatic rings. The molecule has 0 heterocycles. The van der Waals surface area contributed by atoms with Gasteiger partial charge >= 0.3 is 0 Å². The minimum absolute atomic E-state index is 0.190. The fourth-order valence-electron chi connectivity index (χ4n) is 1.83. The van der Waals surface area contributed by atoms with Crippen molar-refractivity contribution in [3.63, 3.8) is 0 Å². The summed E-state index contributed by atoms with van der Waals surface area (Å²) in [7, 11) is -4.30. The van der Waals surface area contributed by atoms with Gasteiger partial charge in [-0.15, -0.1) is 0 Å². The Balaban J connectivity index is 2.47. The van der Waals surface area contributed by atoms with E-state index in [1.165, 1.54) is 24.3 Å². The van der Waals surface area contributed by atoms with Crippen molar-refractivity contribution in [2.24, 2.45) is 0 Å². The van der Waals surface area contributed by atoms with E-state index >= 15 is 0 Å². The molecule has 0 bridgehead atoms. The van der Waals surface area contributed by atoms with Gasteiger partial charge in [-0.1, -0.05) is 18.2 Å². The van der Waals surface area contributed by atoms with E-state index in [0.29, 0.717) is 16.5 Å². The Morgan fingerprint density at radius 1 is 1.30 bits per heavy atom. The lowest BCUT2D eigenvalue weighted by Gasteiger charge is -2.07. The number of rotatable bonds is 3. The second-order valence-corrected chi connectivity index (χ2v) is 5.44. The van der Waals surface area contributed by atoms with Gasteiger partial charge in [-0.3, -0.25) is 9.35 Å². The number of carbonyl (C=O) groups excluding carboxylic acids is 1. The van der Waals surface area contributed by atoms with Gasteiger partial charge in [0.05, 0.1) is 6.07 Å². The highest BCUT2D eigenvalue weighted by Gasteiger charge is 2.13. The first-order chi connectivity index (χ1) is 9.41. The molecule has 0 aromatic heterocycles. The molecule has 102 valence electrons. The van der Waals surface area contributed by atoms with Gasteiger partial charge in [-0.05, 0) is 23.6 Å². The number of hydrogen-bond acceptors (Lipinski definition) is 4. The lowest BCUT2D eigenvalue weighted by atomic mass is 10.1. The average molecular weight is 290 g/mol. The molecule has 2 aromatic rings. The highest BCUT2D eigenvalue weighted by molar-refractivity contribution is 7.86. The summed E-state index contributed by atoms with van der Waals surface area (Å²) in [5, 5.41) is 11.8. The Morgan fingerprint density at radius 3 is 2.70 bits per heavy atom. The zero-order valence-electron chi connectivity index (χ0n) is 10.2. The summed E-state index contributed by atoms with van der Waals surface area (Å²) in [5.41, 5.74) is 0.449. The Morgan fingerprint density at radius 2 is 2.05 bits per heavy atom. The highest BCUT2D eigenvalue weighted by atomic mass is 32.2. The molecule has 0 atom stereocenters. The Labute approximate surface area is 115 Å². The van der Waals surface area contributed by atoms with Crippen molar-refractivity contribution in [1.82, 2.24) is 0 Å². The van der Waals surface area contributed by atoms with Gasteiger partial charge in [0.2, 0.25) is 5.91 Å². The maximum Gasteiger partial charge on any atom is 0.295 e. The van der Waals surface area contributed by atoms with Crippen LogP contribution in [-0.4, -0.2) is 18.9 Å². The molecule has 7 heteroatoms. The fraction of sp³-hybridized carbons (Fsp3) is 0.0769. The third-order valence-corrected chi connectivity index (χ3v) is 3.55. The first-order valence-electron chi connectivity index (χ1n) is 5.59. The van der Waals surface area contributed by atoms with Crippen molar-refractivity contribution in [1.29, 1.82) is 5.26 Å². The van der Waals surface area contributed by atoms with Crippen LogP contribution in [-0.2, 0) is 14.9 Å². The molecule has 2 rings (SSSR count). The molecule has 0 radical (unpaired) electrons. The highest BCUT2D eigenvalue weighted by Crippen LogP contribution is 2.25. The number of hydrogen-bond donors (Lipinski definition) is 2. The van der Waals surface area contributed by atoms with Crippen LogP contribution in [0.3, 0.4) is 0 Å². The lowest BCUT2D eigenvalue weighted by Crippen LogP contribution is -2.10. The topological polar surface area (TPSA) is 107 Å². The fourth-order valence-corrected chi connectivity index (χ4v) is 2.55. The second kappa shape index (κ2) is 5.28. The van der Waals surface area contributed by atoms with Crippen LogP contribution in [0.4, 0.5) is 5.69 Å². The van der Waals surface area contributed by atoms with E-state index in [1.54, 1.807) is 18.2 Å². The lowest BCUT2D eigenvalue weighted by molar-refractivity contribution is -0.115. The van der Waals surface area contributed by atoms with Gasteiger partial charge in [-0.2, -0.15) is 13.7 Å². The maximum atomic E-state index is 11.3. The van der Waals surface area contributed by atoms with E-state index in [-0.39, 0.29) is 11.3 Å². The van der Waals surface area contributed by atoms with Gasteiger partial charge in [-0.25, -0.2) is 0 Å². The van der Waals surface area contributed by atoms with Crippen molar-refractivity contribution in [3.8, 4) is 6.07 Å². The standard InChI is InChI=1S/C13H10N2O4S/c14-7-6-13(16)15-10-4-5-11-9(8-10)2-1-3-12(11)20(17,18)19/h1-5,8H,6H2,(H,15,16)(H,17,18,19). The van der Waals surface area contributed by atoms with Crippen LogP contribution in [0.25, 0.3) is 10.8 Å². The van der Waals surface area contributed by atoms with E-state index in [1.807, 2.05) is 0 Å². The van der Waals surface area contributed by atoms with Gasteiger partial charge in [0, 0.05) is 11.1 Å². The zero-order chi connectivity index (χ0) is 14.8. The molecule has 0 aliphatic heterocycles. The summed E-state index contributed by atoms with van der Waals surface area (Å²) in [6, 6.07) is 10.7. The van der Waals surface area contributed by atoms with Crippen molar-refractivity contribution in [3.05, 3.63) is 36.4 Å². The SMILES string of the molecule is N#CCC(=O)Nc1ccc2c(S(=O)(=O)O)cccc2c1. The zero-order valence-corrected chi connectivity index (χ0v) is 11.0. The number of benzene rings is 2. The van der Waals surface area contributed by atoms with Crippen molar-refractivity contribution in [2.75, 3.05) is 5.32 Å². The number of carbonyl (C=O) groups is 1. The van der Waals surface area contributed by atoms with Gasteiger partial charge in [0.15, 0.2) is 0 Å². The van der Waals surface area contributed by atoms with Crippen LogP contribution in [0, 0.1) is 11.3 Å². The summed E-state index contributed by atoms with van der Waals surface area (Å²) < 4.78 is 31.6. The minimum Gasteiger partial charge on any atom is -0.325 e. The molecule has 0 aliphatic carbocycles. The van der Waals surface area contributed by atoms with Crippen LogP contribution in [0.1, 0.15) is 6.42 Å². The normalized spacial score (nSPS) is 11.0. The summed E-state index contributed by atoms with van der Waals surface area (Å²) in [6.45, 7) is 0. The molecule has 0 unspecified atom stereocenters. The van der Waals surface area contributed by atoms with Gasteiger partial charge < -0.3 is 5.32 Å². The van der Waals surface area contributed by atoms with E-state index in [2.05, 4.69) is 5.32 Å². The minimum atomic E-state index is -4.30. The first kappa shape index (κ1) is 14.0. The molecule has 0 spiro atoms. The van der Waals surface area contributed by atoms with Crippen LogP contribution >= 0.6 is 0 Å². The molecular formula is C13H10N2O4S. The van der Waals surface area contributed by atoms with Crippen LogP contribution < -0.4 is 5.32 Å². The van der Waals surface area contributed by atoms with Gasteiger partial charge in [0.1, 0.15) is 11.3 Å². The molecule has 2 N–H and O–H groups in total. The average Bonchev–Trinajstić information content (AvgIpc) is 2.37. The largest absolute Gasteiger partial charge is 0.325 e. The Hall–Kier alpha value is -2.43. The molecule has 20 heavy (non-hydrogen) atoms. The molecule has 0 saturated heterocycles. The number of nitrogens with zero attached hydrogens (tertiary/aromatic N) is 1. The molecule has 0 saturated carbocycles. The molecule has 6 nitrogen and oxygen atoms in total. The summed E-state index contributed by atoms with van der Waals surface area (Å²) in [6.07, 6.45) is -0.261. The number of amides is 1. The molecular weight excluding hydrogens is 280 g/mol. The number of anilines is 1. The van der Waals surface area contributed by atoms with Crippen molar-refractivity contribution >= 4 is 32.5 Å². The summed E-state index contributed by atoms with van der Waals surface area (Å²) in [5.74, 6) is -0.446. The monoisotopic (exact) mass is 290 g/mol. The molecule has 0 fully saturated rings. The van der Waals surface area contributed by atoms with E-state index < -0.39 is 16.0 Å². The van der Waals surface area contributed by atoms with E-state index in [0.717, 1.165) is 0 Å². The smallest absolute Gasteiger partial charge is 0.295 e. The van der Waals surface area contributed by atoms with Crippen molar-refractivity contribution < 1.29 is 17.8 Å². The quantitative estimate of drug-likeness (QED) is 0.840. The summed E-state index contributed by atoms with van der Waals surface area (Å²) in [4.78, 5) is 11.1. The van der Waals surface area contributed by atoms with E-state index in [4.69, 9.17) is 9.81 Å². The molecule has 2 aromatic carbocycles. The van der Waals surface area contributed by atoms with Crippen LogP contribution in [0.15, 0.2) is 41.3 Å². The Kier molecular flexibility index (Phi) is 3.70. The number of nitrogens with one attached hydrogen (secondary N) is 1. The van der Waals surface area contributed by atoms with Crippen LogP contribution in [0.5, 0.6) is 0 Å². The maximum absolute atomic E-state index is 11.3. The number of nitriles is 1. The van der Waals surface area contributed by atoms with Gasteiger partial charge in [0.25, 0.3) is 10.1 Å². The van der Waals surface area contributed by atoms with E-state index in [9.17, 15) is 13.2 Å². The third kappa shape index (κ3) is 2.93. The first-order valence-corrected chi connectivity index (χ1v) is 7.03. The molecule has 1 amide bonds. The Bertz CT molecular complexity index is 822. The van der Waals surface area contributed by atoms with Crippen molar-refractivity contribution in [2.45, 2.75) is 11.3 Å². The second-order valence-electron chi connectivity index (χ2n) is 4.05. The predicted molar refractivity (Wildman–Crippen MR) is 72.6 cm³/mol. The summed E-state index contributed by atoms with van der Waals surface area (Å²) >= 11 is 0. The van der Waals surface area contributed by atoms with Crippen LogP contribution in [0.2, 0.25) is 0 Å².